The fourth-order valence-corrected chi connectivity index (χ4v) is 1.60. The molecule has 1 rings (SSSR count). The number of thiol groups is 1. The van der Waals surface area contributed by atoms with E-state index in [1.54, 1.807) is 10.8 Å². The van der Waals surface area contributed by atoms with E-state index >= 15 is 0 Å². The summed E-state index contributed by atoms with van der Waals surface area (Å²) in [7, 11) is 0. The molecule has 0 saturated heterocycles. The lowest BCUT2D eigenvalue weighted by molar-refractivity contribution is 0.708. The van der Waals surface area contributed by atoms with E-state index in [1.165, 1.54) is 0 Å². The SMILES string of the molecule is Cc1ncc(I)c(=O)n1C/C=C/CS. The summed E-state index contributed by atoms with van der Waals surface area (Å²) < 4.78 is 2.29. The van der Waals surface area contributed by atoms with E-state index in [1.807, 2.05) is 41.7 Å². The Morgan fingerprint density at radius 2 is 2.36 bits per heavy atom. The molecule has 0 aliphatic heterocycles. The molecule has 5 heteroatoms. The second-order valence-electron chi connectivity index (χ2n) is 2.72. The van der Waals surface area contributed by atoms with E-state index in [0.717, 1.165) is 5.82 Å². The van der Waals surface area contributed by atoms with Gasteiger partial charge in [0.05, 0.1) is 3.57 Å². The van der Waals surface area contributed by atoms with Gasteiger partial charge >= 0.3 is 0 Å². The maximum absolute atomic E-state index is 11.6. The quantitative estimate of drug-likeness (QED) is 0.522. The Morgan fingerprint density at radius 3 is 3.00 bits per heavy atom. The number of aryl methyl sites for hydroxylation is 1. The summed E-state index contributed by atoms with van der Waals surface area (Å²) in [5.41, 5.74) is 0.0157. The van der Waals surface area contributed by atoms with Crippen molar-refractivity contribution in [2.75, 3.05) is 5.75 Å². The van der Waals surface area contributed by atoms with E-state index in [-0.39, 0.29) is 5.56 Å². The monoisotopic (exact) mass is 322 g/mol. The van der Waals surface area contributed by atoms with Crippen LogP contribution in [0.3, 0.4) is 0 Å². The molecule has 1 heterocycles. The van der Waals surface area contributed by atoms with Crippen molar-refractivity contribution in [2.45, 2.75) is 13.5 Å². The third-order valence-corrected chi connectivity index (χ3v) is 2.72. The van der Waals surface area contributed by atoms with Gasteiger partial charge in [-0.05, 0) is 29.5 Å². The minimum absolute atomic E-state index is 0.0157. The van der Waals surface area contributed by atoms with Crippen LogP contribution in [-0.4, -0.2) is 15.3 Å². The van der Waals surface area contributed by atoms with Crippen LogP contribution in [-0.2, 0) is 6.54 Å². The smallest absolute Gasteiger partial charge is 0.267 e. The highest BCUT2D eigenvalue weighted by atomic mass is 127. The lowest BCUT2D eigenvalue weighted by Gasteiger charge is -2.05. The van der Waals surface area contributed by atoms with Crippen molar-refractivity contribution in [1.29, 1.82) is 0 Å². The van der Waals surface area contributed by atoms with Crippen LogP contribution in [0.25, 0.3) is 0 Å². The zero-order chi connectivity index (χ0) is 10.6. The molecule has 1 aromatic heterocycles. The van der Waals surface area contributed by atoms with E-state index in [2.05, 4.69) is 17.6 Å². The molecular formula is C9H11IN2OS. The number of halogens is 1. The van der Waals surface area contributed by atoms with E-state index in [4.69, 9.17) is 0 Å². The Balaban J connectivity index is 3.01. The van der Waals surface area contributed by atoms with Crippen molar-refractivity contribution in [2.24, 2.45) is 0 Å². The van der Waals surface area contributed by atoms with Crippen molar-refractivity contribution in [3.8, 4) is 0 Å². The Kier molecular flexibility index (Phi) is 4.67. The van der Waals surface area contributed by atoms with Crippen LogP contribution in [0.2, 0.25) is 0 Å². The molecule has 0 radical (unpaired) electrons. The van der Waals surface area contributed by atoms with Crippen LogP contribution in [0.1, 0.15) is 5.82 Å². The third-order valence-electron chi connectivity index (χ3n) is 1.76. The van der Waals surface area contributed by atoms with Crippen LogP contribution in [0.5, 0.6) is 0 Å². The molecule has 0 aliphatic rings. The zero-order valence-electron chi connectivity index (χ0n) is 7.77. The number of hydrogen-bond acceptors (Lipinski definition) is 3. The Hall–Kier alpha value is -0.300. The van der Waals surface area contributed by atoms with Gasteiger partial charge in [0.1, 0.15) is 5.82 Å². The molecule has 0 aliphatic carbocycles. The summed E-state index contributed by atoms with van der Waals surface area (Å²) in [4.78, 5) is 15.8. The maximum Gasteiger partial charge on any atom is 0.267 e. The van der Waals surface area contributed by atoms with Gasteiger partial charge in [0.15, 0.2) is 0 Å². The highest BCUT2D eigenvalue weighted by molar-refractivity contribution is 14.1. The van der Waals surface area contributed by atoms with E-state index in [9.17, 15) is 4.79 Å². The van der Waals surface area contributed by atoms with Crippen molar-refractivity contribution in [3.05, 3.63) is 38.1 Å². The fourth-order valence-electron chi connectivity index (χ4n) is 1.02. The predicted octanol–water partition coefficient (Wildman–Crippen LogP) is 1.64. The number of allylic oxidation sites excluding steroid dienone is 1. The van der Waals surface area contributed by atoms with E-state index < -0.39 is 0 Å². The molecule has 0 aromatic carbocycles. The Bertz CT molecular complexity index is 400. The second kappa shape index (κ2) is 5.55. The van der Waals surface area contributed by atoms with Crippen LogP contribution in [0, 0.1) is 10.5 Å². The van der Waals surface area contributed by atoms with Gasteiger partial charge in [0.25, 0.3) is 5.56 Å². The average Bonchev–Trinajstić information content (AvgIpc) is 2.18. The van der Waals surface area contributed by atoms with Gasteiger partial charge < -0.3 is 0 Å². The number of aromatic nitrogens is 2. The molecule has 0 fully saturated rings. The van der Waals surface area contributed by atoms with Gasteiger partial charge in [-0.3, -0.25) is 9.36 Å². The molecule has 0 unspecified atom stereocenters. The highest BCUT2D eigenvalue weighted by Gasteiger charge is 2.02. The maximum atomic E-state index is 11.6. The van der Waals surface area contributed by atoms with Crippen molar-refractivity contribution in [3.63, 3.8) is 0 Å². The normalized spacial score (nSPS) is 11.1. The van der Waals surface area contributed by atoms with Crippen LogP contribution in [0.4, 0.5) is 0 Å². The summed E-state index contributed by atoms with van der Waals surface area (Å²) in [6.07, 6.45) is 5.42. The Morgan fingerprint density at radius 1 is 1.64 bits per heavy atom. The molecular weight excluding hydrogens is 311 g/mol. The highest BCUT2D eigenvalue weighted by Crippen LogP contribution is 1.97. The first-order valence-corrected chi connectivity index (χ1v) is 5.85. The molecule has 76 valence electrons. The van der Waals surface area contributed by atoms with Gasteiger partial charge in [-0.25, -0.2) is 4.98 Å². The summed E-state index contributed by atoms with van der Waals surface area (Å²) >= 11 is 6.04. The molecule has 0 spiro atoms. The van der Waals surface area contributed by atoms with Gasteiger partial charge in [0.2, 0.25) is 0 Å². The van der Waals surface area contributed by atoms with Gasteiger partial charge in [0, 0.05) is 18.5 Å². The summed E-state index contributed by atoms with van der Waals surface area (Å²) in [5, 5.41) is 0. The zero-order valence-corrected chi connectivity index (χ0v) is 10.8. The molecule has 0 atom stereocenters. The minimum Gasteiger partial charge on any atom is -0.292 e. The van der Waals surface area contributed by atoms with Gasteiger partial charge in [-0.1, -0.05) is 12.2 Å². The molecule has 0 N–H and O–H groups in total. The first-order valence-electron chi connectivity index (χ1n) is 4.14. The van der Waals surface area contributed by atoms with Crippen molar-refractivity contribution in [1.82, 2.24) is 9.55 Å². The standard InChI is InChI=1S/C9H11IN2OS/c1-7-11-6-8(10)9(13)12(7)4-2-3-5-14/h2-3,6,14H,4-5H2,1H3/b3-2+. The summed E-state index contributed by atoms with van der Waals surface area (Å²) in [6.45, 7) is 2.39. The lowest BCUT2D eigenvalue weighted by atomic mass is 10.4. The van der Waals surface area contributed by atoms with Gasteiger partial charge in [-0.2, -0.15) is 12.6 Å². The van der Waals surface area contributed by atoms with Crippen LogP contribution >= 0.6 is 35.2 Å². The molecule has 14 heavy (non-hydrogen) atoms. The molecule has 0 saturated carbocycles. The Labute approximate surface area is 102 Å². The summed E-state index contributed by atoms with van der Waals surface area (Å²) in [5.74, 6) is 1.42. The second-order valence-corrected chi connectivity index (χ2v) is 4.25. The molecule has 3 nitrogen and oxygen atoms in total. The van der Waals surface area contributed by atoms with Gasteiger partial charge in [-0.15, -0.1) is 0 Å². The third kappa shape index (κ3) is 2.84. The van der Waals surface area contributed by atoms with Crippen LogP contribution < -0.4 is 5.56 Å². The molecule has 0 amide bonds. The minimum atomic E-state index is 0.0157. The average molecular weight is 322 g/mol. The first-order chi connectivity index (χ1) is 6.66. The number of rotatable bonds is 3. The predicted molar refractivity (Wildman–Crippen MR) is 68.9 cm³/mol. The first kappa shape index (κ1) is 11.8. The topological polar surface area (TPSA) is 34.9 Å². The molecule has 0 bridgehead atoms. The number of nitrogens with zero attached hydrogens (tertiary/aromatic N) is 2. The van der Waals surface area contributed by atoms with E-state index in [0.29, 0.717) is 15.9 Å². The number of hydrogen-bond donors (Lipinski definition) is 1. The molecule has 1 aromatic rings. The summed E-state index contributed by atoms with van der Waals surface area (Å²) in [6, 6.07) is 0. The lowest BCUT2D eigenvalue weighted by Crippen LogP contribution is -2.25. The van der Waals surface area contributed by atoms with Crippen LogP contribution in [0.15, 0.2) is 23.1 Å². The van der Waals surface area contributed by atoms with Crippen molar-refractivity contribution >= 4 is 35.2 Å². The van der Waals surface area contributed by atoms with Crippen molar-refractivity contribution < 1.29 is 0 Å². The largest absolute Gasteiger partial charge is 0.292 e. The fraction of sp³-hybridized carbons (Fsp3) is 0.333.